The van der Waals surface area contributed by atoms with Crippen molar-refractivity contribution in [2.24, 2.45) is 5.92 Å². The van der Waals surface area contributed by atoms with Gasteiger partial charge in [0.05, 0.1) is 23.0 Å². The first-order valence-corrected chi connectivity index (χ1v) is 8.62. The zero-order chi connectivity index (χ0) is 17.0. The Morgan fingerprint density at radius 3 is 2.75 bits per heavy atom. The molecule has 0 aromatic heterocycles. The van der Waals surface area contributed by atoms with E-state index in [4.69, 9.17) is 4.74 Å². The minimum absolute atomic E-state index is 0. The number of nitrogens with zero attached hydrogens (tertiary/aromatic N) is 1. The normalized spacial score (nSPS) is 20.0. The van der Waals surface area contributed by atoms with E-state index in [0.717, 1.165) is 13.0 Å². The van der Waals surface area contributed by atoms with Crippen LogP contribution in [0.25, 0.3) is 0 Å². The molecule has 2 unspecified atom stereocenters. The van der Waals surface area contributed by atoms with Crippen LogP contribution in [0.1, 0.15) is 23.7 Å². The molecule has 9 heteroatoms. The van der Waals surface area contributed by atoms with E-state index in [0.29, 0.717) is 23.1 Å². The van der Waals surface area contributed by atoms with E-state index < -0.39 is 10.8 Å². The van der Waals surface area contributed by atoms with Gasteiger partial charge in [-0.15, -0.1) is 24.2 Å². The zero-order valence-electron chi connectivity index (χ0n) is 13.8. The summed E-state index contributed by atoms with van der Waals surface area (Å²) in [5, 5.41) is 17.4. The van der Waals surface area contributed by atoms with E-state index >= 15 is 0 Å². The minimum atomic E-state index is -0.551. The molecule has 1 aromatic carbocycles. The van der Waals surface area contributed by atoms with E-state index in [-0.39, 0.29) is 29.7 Å². The van der Waals surface area contributed by atoms with E-state index in [1.807, 2.05) is 6.26 Å². The largest absolute Gasteiger partial charge is 0.495 e. The van der Waals surface area contributed by atoms with Crippen molar-refractivity contribution in [2.45, 2.75) is 24.3 Å². The molecule has 0 aliphatic carbocycles. The lowest BCUT2D eigenvalue weighted by atomic mass is 9.94. The summed E-state index contributed by atoms with van der Waals surface area (Å²) in [5.74, 6) is 0.307. The molecular weight excluding hydrogens is 354 g/mol. The van der Waals surface area contributed by atoms with Gasteiger partial charge in [-0.2, -0.15) is 0 Å². The molecule has 0 radical (unpaired) electrons. The van der Waals surface area contributed by atoms with Crippen molar-refractivity contribution in [2.75, 3.05) is 26.5 Å². The Kier molecular flexibility index (Phi) is 7.78. The molecule has 0 bridgehead atoms. The molecule has 2 atom stereocenters. The van der Waals surface area contributed by atoms with E-state index in [1.54, 1.807) is 0 Å². The summed E-state index contributed by atoms with van der Waals surface area (Å²) in [7, 11) is 1.45. The molecule has 7 nitrogen and oxygen atoms in total. The number of benzene rings is 1. The Balaban J connectivity index is 0.00000288. The third kappa shape index (κ3) is 4.52. The number of carbonyl (C=O) groups excluding carboxylic acids is 1. The molecule has 134 valence electrons. The predicted molar refractivity (Wildman–Crippen MR) is 96.6 cm³/mol. The fourth-order valence-corrected chi connectivity index (χ4v) is 3.21. The summed E-state index contributed by atoms with van der Waals surface area (Å²) in [6, 6.07) is 2.80. The van der Waals surface area contributed by atoms with Crippen LogP contribution in [0.15, 0.2) is 17.0 Å². The van der Waals surface area contributed by atoms with Crippen molar-refractivity contribution in [3.63, 3.8) is 0 Å². The summed E-state index contributed by atoms with van der Waals surface area (Å²) < 4.78 is 5.16. The first kappa shape index (κ1) is 20.5. The number of halogens is 1. The molecule has 1 aliphatic heterocycles. The predicted octanol–water partition coefficient (Wildman–Crippen LogP) is 2.47. The minimum Gasteiger partial charge on any atom is -0.495 e. The van der Waals surface area contributed by atoms with Crippen molar-refractivity contribution in [3.05, 3.63) is 27.8 Å². The number of ether oxygens (including phenoxy) is 1. The fourth-order valence-electron chi connectivity index (χ4n) is 2.63. The number of methoxy groups -OCH3 is 1. The number of nitro benzene ring substituents is 1. The SMILES string of the molecule is COc1cc([N+](=O)[O-])c(C(=O)NC2CNCCC2C)cc1SC.Cl. The third-order valence-corrected chi connectivity index (χ3v) is 4.85. The molecule has 1 saturated heterocycles. The monoisotopic (exact) mass is 375 g/mol. The summed E-state index contributed by atoms with van der Waals surface area (Å²) in [6.07, 6.45) is 2.80. The Bertz CT molecular complexity index is 615. The molecule has 1 aromatic rings. The molecule has 1 amide bonds. The van der Waals surface area contributed by atoms with Gasteiger partial charge in [-0.1, -0.05) is 6.92 Å². The molecule has 1 aliphatic rings. The lowest BCUT2D eigenvalue weighted by Gasteiger charge is -2.30. The standard InChI is InChI=1S/C15H21N3O4S.ClH/c1-9-4-5-16-8-11(9)17-15(19)10-6-14(23-3)13(22-2)7-12(10)18(20)21;/h6-7,9,11,16H,4-5,8H2,1-3H3,(H,17,19);1H. The van der Waals surface area contributed by atoms with Crippen molar-refractivity contribution >= 4 is 35.8 Å². The van der Waals surface area contributed by atoms with Gasteiger partial charge in [-0.3, -0.25) is 14.9 Å². The maximum Gasteiger partial charge on any atom is 0.285 e. The highest BCUT2D eigenvalue weighted by molar-refractivity contribution is 7.98. The average Bonchev–Trinajstić information content (AvgIpc) is 2.55. The fraction of sp³-hybridized carbons (Fsp3) is 0.533. The summed E-state index contributed by atoms with van der Waals surface area (Å²) in [5.41, 5.74) is -0.175. The Labute approximate surface area is 151 Å². The number of thioether (sulfide) groups is 1. The van der Waals surface area contributed by atoms with Gasteiger partial charge in [0.2, 0.25) is 0 Å². The van der Waals surface area contributed by atoms with Crippen LogP contribution < -0.4 is 15.4 Å². The van der Waals surface area contributed by atoms with Gasteiger partial charge in [0.1, 0.15) is 11.3 Å². The second-order valence-electron chi connectivity index (χ2n) is 5.53. The van der Waals surface area contributed by atoms with Gasteiger partial charge < -0.3 is 15.4 Å². The topological polar surface area (TPSA) is 93.5 Å². The molecule has 1 fully saturated rings. The summed E-state index contributed by atoms with van der Waals surface area (Å²) in [6.45, 7) is 3.67. The number of rotatable bonds is 5. The highest BCUT2D eigenvalue weighted by atomic mass is 35.5. The van der Waals surface area contributed by atoms with Gasteiger partial charge in [0, 0.05) is 12.6 Å². The maximum absolute atomic E-state index is 12.6. The van der Waals surface area contributed by atoms with E-state index in [1.165, 1.54) is 31.0 Å². The average molecular weight is 376 g/mol. The summed E-state index contributed by atoms with van der Waals surface area (Å²) in [4.78, 5) is 24.0. The molecule has 2 rings (SSSR count). The van der Waals surface area contributed by atoms with Crippen LogP contribution >= 0.6 is 24.2 Å². The molecule has 2 N–H and O–H groups in total. The maximum atomic E-state index is 12.6. The highest BCUT2D eigenvalue weighted by Crippen LogP contribution is 2.34. The Morgan fingerprint density at radius 2 is 2.21 bits per heavy atom. The number of nitrogens with one attached hydrogen (secondary N) is 2. The number of carbonyl (C=O) groups is 1. The van der Waals surface area contributed by atoms with Gasteiger partial charge in [-0.05, 0) is 31.2 Å². The number of hydrogen-bond donors (Lipinski definition) is 2. The zero-order valence-corrected chi connectivity index (χ0v) is 15.5. The number of amides is 1. The van der Waals surface area contributed by atoms with Crippen LogP contribution in [0.4, 0.5) is 5.69 Å². The third-order valence-electron chi connectivity index (χ3n) is 4.09. The number of nitro groups is 1. The smallest absolute Gasteiger partial charge is 0.285 e. The first-order valence-electron chi connectivity index (χ1n) is 7.40. The van der Waals surface area contributed by atoms with Crippen LogP contribution in [-0.4, -0.2) is 43.3 Å². The number of piperidine rings is 1. The van der Waals surface area contributed by atoms with Crippen LogP contribution in [0, 0.1) is 16.0 Å². The molecule has 0 spiro atoms. The van der Waals surface area contributed by atoms with Crippen molar-refractivity contribution in [3.8, 4) is 5.75 Å². The van der Waals surface area contributed by atoms with Crippen LogP contribution in [0.3, 0.4) is 0 Å². The van der Waals surface area contributed by atoms with Gasteiger partial charge in [0.25, 0.3) is 11.6 Å². The van der Waals surface area contributed by atoms with Gasteiger partial charge >= 0.3 is 0 Å². The Morgan fingerprint density at radius 1 is 1.50 bits per heavy atom. The van der Waals surface area contributed by atoms with E-state index in [9.17, 15) is 14.9 Å². The molecule has 1 heterocycles. The number of hydrogen-bond acceptors (Lipinski definition) is 6. The second-order valence-corrected chi connectivity index (χ2v) is 6.38. The van der Waals surface area contributed by atoms with Crippen LogP contribution in [0.2, 0.25) is 0 Å². The van der Waals surface area contributed by atoms with Crippen molar-refractivity contribution in [1.29, 1.82) is 0 Å². The van der Waals surface area contributed by atoms with Crippen LogP contribution in [0.5, 0.6) is 5.75 Å². The first-order chi connectivity index (χ1) is 11.0. The lowest BCUT2D eigenvalue weighted by Crippen LogP contribution is -2.50. The quantitative estimate of drug-likeness (QED) is 0.466. The highest BCUT2D eigenvalue weighted by Gasteiger charge is 2.28. The second kappa shape index (κ2) is 9.10. The molecular formula is C15H22ClN3O4S. The lowest BCUT2D eigenvalue weighted by molar-refractivity contribution is -0.385. The molecule has 0 saturated carbocycles. The van der Waals surface area contributed by atoms with Gasteiger partial charge in [-0.25, -0.2) is 0 Å². The summed E-state index contributed by atoms with van der Waals surface area (Å²) >= 11 is 1.38. The van der Waals surface area contributed by atoms with E-state index in [2.05, 4.69) is 17.6 Å². The molecule has 24 heavy (non-hydrogen) atoms. The van der Waals surface area contributed by atoms with Crippen molar-refractivity contribution in [1.82, 2.24) is 10.6 Å². The van der Waals surface area contributed by atoms with Crippen molar-refractivity contribution < 1.29 is 14.5 Å². The van der Waals surface area contributed by atoms with Crippen LogP contribution in [-0.2, 0) is 0 Å². The van der Waals surface area contributed by atoms with Gasteiger partial charge in [0.15, 0.2) is 0 Å². The Hall–Kier alpha value is -1.51.